The Labute approximate surface area is 187 Å². The minimum absolute atomic E-state index is 0.0915. The Morgan fingerprint density at radius 2 is 1.74 bits per heavy atom. The van der Waals surface area contributed by atoms with Crippen LogP contribution in [0.1, 0.15) is 28.8 Å². The second-order valence-electron chi connectivity index (χ2n) is 7.94. The van der Waals surface area contributed by atoms with Gasteiger partial charge in [0.2, 0.25) is 5.91 Å². The first kappa shape index (κ1) is 21.7. The number of amides is 2. The highest BCUT2D eigenvalue weighted by Gasteiger charge is 2.32. The molecule has 2 aliphatic heterocycles. The van der Waals surface area contributed by atoms with Gasteiger partial charge in [-0.1, -0.05) is 35.9 Å². The SMILES string of the molecule is O=C(c1ccccc1OCc1ccc(Cl)cc1)N1CCC[C@H](C(=O)N2CCOCC2)C1. The third kappa shape index (κ3) is 5.38. The molecule has 1 atom stereocenters. The molecule has 2 aromatic carbocycles. The van der Waals surface area contributed by atoms with Crippen molar-refractivity contribution in [1.29, 1.82) is 0 Å². The van der Waals surface area contributed by atoms with Gasteiger partial charge in [0.05, 0.1) is 24.7 Å². The number of para-hydroxylation sites is 1. The number of hydrogen-bond acceptors (Lipinski definition) is 4. The van der Waals surface area contributed by atoms with Crippen molar-refractivity contribution in [2.45, 2.75) is 19.4 Å². The van der Waals surface area contributed by atoms with Gasteiger partial charge in [-0.3, -0.25) is 9.59 Å². The average molecular weight is 443 g/mol. The molecule has 0 unspecified atom stereocenters. The second-order valence-corrected chi connectivity index (χ2v) is 8.38. The van der Waals surface area contributed by atoms with E-state index in [2.05, 4.69) is 0 Å². The lowest BCUT2D eigenvalue weighted by molar-refractivity contribution is -0.141. The summed E-state index contributed by atoms with van der Waals surface area (Å²) in [5.74, 6) is 0.432. The molecule has 31 heavy (non-hydrogen) atoms. The zero-order valence-electron chi connectivity index (χ0n) is 17.5. The van der Waals surface area contributed by atoms with Crippen LogP contribution in [-0.4, -0.2) is 61.0 Å². The first-order valence-electron chi connectivity index (χ1n) is 10.7. The van der Waals surface area contributed by atoms with E-state index in [4.69, 9.17) is 21.1 Å². The topological polar surface area (TPSA) is 59.1 Å². The maximum absolute atomic E-state index is 13.3. The summed E-state index contributed by atoms with van der Waals surface area (Å²) in [4.78, 5) is 29.9. The first-order valence-corrected chi connectivity index (χ1v) is 11.1. The van der Waals surface area contributed by atoms with Gasteiger partial charge in [0.1, 0.15) is 12.4 Å². The van der Waals surface area contributed by atoms with E-state index in [9.17, 15) is 9.59 Å². The normalized spacial score (nSPS) is 19.2. The molecule has 4 rings (SSSR count). The largest absolute Gasteiger partial charge is 0.488 e. The van der Waals surface area contributed by atoms with Gasteiger partial charge in [0.25, 0.3) is 5.91 Å². The standard InChI is InChI=1S/C24H27ClN2O4/c25-20-9-7-18(8-10-20)17-31-22-6-2-1-5-21(22)24(29)27-11-3-4-19(16-27)23(28)26-12-14-30-15-13-26/h1-2,5-10,19H,3-4,11-17H2/t19-/m0/s1. The lowest BCUT2D eigenvalue weighted by atomic mass is 9.95. The minimum atomic E-state index is -0.155. The summed E-state index contributed by atoms with van der Waals surface area (Å²) >= 11 is 5.94. The zero-order valence-corrected chi connectivity index (χ0v) is 18.2. The third-order valence-electron chi connectivity index (χ3n) is 5.81. The summed E-state index contributed by atoms with van der Waals surface area (Å²) in [5, 5.41) is 0.672. The highest BCUT2D eigenvalue weighted by Crippen LogP contribution is 2.26. The van der Waals surface area contributed by atoms with Crippen LogP contribution >= 0.6 is 11.6 Å². The average Bonchev–Trinajstić information content (AvgIpc) is 2.83. The van der Waals surface area contributed by atoms with E-state index >= 15 is 0 Å². The van der Waals surface area contributed by atoms with Crippen LogP contribution in [0.3, 0.4) is 0 Å². The predicted octanol–water partition coefficient (Wildman–Crippen LogP) is 3.63. The fourth-order valence-corrected chi connectivity index (χ4v) is 4.21. The molecule has 2 aromatic rings. The van der Waals surface area contributed by atoms with Crippen molar-refractivity contribution in [3.8, 4) is 5.75 Å². The quantitative estimate of drug-likeness (QED) is 0.709. The van der Waals surface area contributed by atoms with Gasteiger partial charge in [-0.05, 0) is 42.7 Å². The molecule has 0 radical (unpaired) electrons. The van der Waals surface area contributed by atoms with E-state index in [1.807, 2.05) is 47.4 Å². The Hall–Kier alpha value is -2.57. The molecular weight excluding hydrogens is 416 g/mol. The number of hydrogen-bond donors (Lipinski definition) is 0. The molecule has 2 amide bonds. The molecular formula is C24H27ClN2O4. The van der Waals surface area contributed by atoms with E-state index in [0.717, 1.165) is 18.4 Å². The molecule has 2 aliphatic rings. The Kier molecular flexibility index (Phi) is 7.10. The third-order valence-corrected chi connectivity index (χ3v) is 6.06. The number of rotatable bonds is 5. The Bertz CT molecular complexity index is 912. The van der Waals surface area contributed by atoms with Crippen LogP contribution < -0.4 is 4.74 Å². The zero-order chi connectivity index (χ0) is 21.6. The fourth-order valence-electron chi connectivity index (χ4n) is 4.09. The number of carbonyl (C=O) groups is 2. The lowest BCUT2D eigenvalue weighted by Gasteiger charge is -2.36. The van der Waals surface area contributed by atoms with E-state index < -0.39 is 0 Å². The molecule has 164 valence electrons. The summed E-state index contributed by atoms with van der Waals surface area (Å²) < 4.78 is 11.3. The molecule has 6 nitrogen and oxygen atoms in total. The van der Waals surface area contributed by atoms with E-state index in [0.29, 0.717) is 62.3 Å². The first-order chi connectivity index (χ1) is 15.1. The minimum Gasteiger partial charge on any atom is -0.488 e. The number of carbonyl (C=O) groups excluding carboxylic acids is 2. The summed E-state index contributed by atoms with van der Waals surface area (Å²) in [6.07, 6.45) is 1.63. The van der Waals surface area contributed by atoms with Gasteiger partial charge in [0.15, 0.2) is 0 Å². The van der Waals surface area contributed by atoms with Crippen molar-refractivity contribution in [2.24, 2.45) is 5.92 Å². The summed E-state index contributed by atoms with van der Waals surface area (Å²) in [6.45, 7) is 3.87. The van der Waals surface area contributed by atoms with E-state index in [1.54, 1.807) is 11.0 Å². The number of morpholine rings is 1. The van der Waals surface area contributed by atoms with Crippen molar-refractivity contribution in [3.05, 3.63) is 64.7 Å². The highest BCUT2D eigenvalue weighted by molar-refractivity contribution is 6.30. The maximum atomic E-state index is 13.3. The smallest absolute Gasteiger partial charge is 0.257 e. The molecule has 2 fully saturated rings. The number of nitrogens with zero attached hydrogens (tertiary/aromatic N) is 2. The Balaban J connectivity index is 1.42. The highest BCUT2D eigenvalue weighted by atomic mass is 35.5. The van der Waals surface area contributed by atoms with Crippen LogP contribution in [-0.2, 0) is 16.1 Å². The fraction of sp³-hybridized carbons (Fsp3) is 0.417. The predicted molar refractivity (Wildman–Crippen MR) is 118 cm³/mol. The van der Waals surface area contributed by atoms with Gasteiger partial charge < -0.3 is 19.3 Å². The molecule has 0 N–H and O–H groups in total. The van der Waals surface area contributed by atoms with Crippen molar-refractivity contribution in [3.63, 3.8) is 0 Å². The molecule has 0 spiro atoms. The molecule has 0 aliphatic carbocycles. The Morgan fingerprint density at radius 1 is 1.00 bits per heavy atom. The van der Waals surface area contributed by atoms with Crippen LogP contribution in [0, 0.1) is 5.92 Å². The maximum Gasteiger partial charge on any atom is 0.257 e. The van der Waals surface area contributed by atoms with E-state index in [-0.39, 0.29) is 17.7 Å². The summed E-state index contributed by atoms with van der Waals surface area (Å²) in [5.41, 5.74) is 1.50. The summed E-state index contributed by atoms with van der Waals surface area (Å²) in [7, 11) is 0. The molecule has 0 aromatic heterocycles. The molecule has 7 heteroatoms. The molecule has 2 heterocycles. The van der Waals surface area contributed by atoms with Gasteiger partial charge in [-0.15, -0.1) is 0 Å². The number of likely N-dealkylation sites (tertiary alicyclic amines) is 1. The molecule has 0 bridgehead atoms. The molecule has 2 saturated heterocycles. The van der Waals surface area contributed by atoms with Crippen LogP contribution in [0.15, 0.2) is 48.5 Å². The summed E-state index contributed by atoms with van der Waals surface area (Å²) in [6, 6.07) is 14.7. The van der Waals surface area contributed by atoms with E-state index in [1.165, 1.54) is 0 Å². The lowest BCUT2D eigenvalue weighted by Crippen LogP contribution is -2.49. The van der Waals surface area contributed by atoms with Crippen LogP contribution in [0.2, 0.25) is 5.02 Å². The van der Waals surface area contributed by atoms with Crippen molar-refractivity contribution < 1.29 is 19.1 Å². The van der Waals surface area contributed by atoms with Gasteiger partial charge in [-0.2, -0.15) is 0 Å². The number of benzene rings is 2. The second kappa shape index (κ2) is 10.2. The monoisotopic (exact) mass is 442 g/mol. The van der Waals surface area contributed by atoms with Crippen LogP contribution in [0.5, 0.6) is 5.75 Å². The molecule has 0 saturated carbocycles. The van der Waals surface area contributed by atoms with Gasteiger partial charge in [-0.25, -0.2) is 0 Å². The van der Waals surface area contributed by atoms with Gasteiger partial charge in [0, 0.05) is 31.2 Å². The van der Waals surface area contributed by atoms with Crippen molar-refractivity contribution in [2.75, 3.05) is 39.4 Å². The number of ether oxygens (including phenoxy) is 2. The Morgan fingerprint density at radius 3 is 2.52 bits per heavy atom. The van der Waals surface area contributed by atoms with Gasteiger partial charge >= 0.3 is 0 Å². The number of piperidine rings is 1. The number of halogens is 1. The van der Waals surface area contributed by atoms with Crippen LogP contribution in [0.4, 0.5) is 0 Å². The van der Waals surface area contributed by atoms with Crippen LogP contribution in [0.25, 0.3) is 0 Å². The van der Waals surface area contributed by atoms with Crippen molar-refractivity contribution in [1.82, 2.24) is 9.80 Å². The van der Waals surface area contributed by atoms with Crippen molar-refractivity contribution >= 4 is 23.4 Å².